The Morgan fingerprint density at radius 1 is 1.45 bits per heavy atom. The normalized spacial score (nSPS) is 16.1. The van der Waals surface area contributed by atoms with E-state index in [9.17, 15) is 4.79 Å². The fourth-order valence-corrected chi connectivity index (χ4v) is 3.10. The molecule has 0 fully saturated rings. The van der Waals surface area contributed by atoms with Crippen molar-refractivity contribution in [2.45, 2.75) is 25.2 Å². The summed E-state index contributed by atoms with van der Waals surface area (Å²) < 4.78 is 10.9. The number of nitrogens with one attached hydrogen (secondary N) is 1. The lowest BCUT2D eigenvalue weighted by atomic mass is 10.1. The van der Waals surface area contributed by atoms with E-state index in [-0.39, 0.29) is 12.0 Å². The van der Waals surface area contributed by atoms with Crippen molar-refractivity contribution in [3.8, 4) is 5.75 Å². The lowest BCUT2D eigenvalue weighted by Gasteiger charge is -2.11. The van der Waals surface area contributed by atoms with Crippen LogP contribution in [-0.4, -0.2) is 29.5 Å². The largest absolute Gasteiger partial charge is 0.488 e. The first-order valence-corrected chi connectivity index (χ1v) is 8.37. The second kappa shape index (κ2) is 6.87. The van der Waals surface area contributed by atoms with Gasteiger partial charge in [-0.2, -0.15) is 0 Å². The number of benzene rings is 1. The van der Waals surface area contributed by atoms with E-state index in [0.29, 0.717) is 18.1 Å². The molecule has 0 saturated carbocycles. The molecule has 0 saturated heterocycles. The summed E-state index contributed by atoms with van der Waals surface area (Å²) in [6.45, 7) is 2.42. The van der Waals surface area contributed by atoms with Crippen LogP contribution < -0.4 is 10.1 Å². The van der Waals surface area contributed by atoms with Gasteiger partial charge in [-0.25, -0.2) is 0 Å². The average molecular weight is 318 g/mol. The zero-order valence-electron chi connectivity index (χ0n) is 12.4. The van der Waals surface area contributed by atoms with E-state index < -0.39 is 0 Å². The standard InChI is InChI=1S/C16H18N2O3S/c1-11-6-14(21-18-11)9-22-10-16(19)17-8-13-7-12-4-2-3-5-15(12)20-13/h2-6,13H,7-10H2,1H3,(H,17,19)/t13-/m1/s1. The minimum atomic E-state index is 0.0146. The quantitative estimate of drug-likeness (QED) is 0.885. The molecule has 5 nitrogen and oxygen atoms in total. The Morgan fingerprint density at radius 3 is 3.09 bits per heavy atom. The number of amides is 1. The highest BCUT2D eigenvalue weighted by molar-refractivity contribution is 7.99. The Morgan fingerprint density at radius 2 is 2.32 bits per heavy atom. The van der Waals surface area contributed by atoms with Crippen LogP contribution in [0.25, 0.3) is 0 Å². The van der Waals surface area contributed by atoms with E-state index in [0.717, 1.165) is 23.6 Å². The predicted octanol–water partition coefficient (Wildman–Crippen LogP) is 2.34. The highest BCUT2D eigenvalue weighted by Gasteiger charge is 2.22. The van der Waals surface area contributed by atoms with Crippen LogP contribution in [0.3, 0.4) is 0 Å². The van der Waals surface area contributed by atoms with E-state index in [2.05, 4.69) is 16.5 Å². The molecule has 0 unspecified atom stereocenters. The van der Waals surface area contributed by atoms with Crippen LogP contribution in [-0.2, 0) is 17.0 Å². The lowest BCUT2D eigenvalue weighted by molar-refractivity contribution is -0.118. The van der Waals surface area contributed by atoms with Gasteiger partial charge in [-0.1, -0.05) is 23.4 Å². The molecule has 1 aliphatic rings. The molecular weight excluding hydrogens is 300 g/mol. The van der Waals surface area contributed by atoms with Crippen molar-refractivity contribution in [2.75, 3.05) is 12.3 Å². The summed E-state index contributed by atoms with van der Waals surface area (Å²) >= 11 is 1.51. The number of thioether (sulfide) groups is 1. The van der Waals surface area contributed by atoms with Crippen molar-refractivity contribution in [3.05, 3.63) is 47.3 Å². The Hall–Kier alpha value is -1.95. The third kappa shape index (κ3) is 3.82. The van der Waals surface area contributed by atoms with Crippen molar-refractivity contribution in [1.29, 1.82) is 0 Å². The smallest absolute Gasteiger partial charge is 0.230 e. The van der Waals surface area contributed by atoms with E-state index in [1.54, 1.807) is 0 Å². The summed E-state index contributed by atoms with van der Waals surface area (Å²) in [5.41, 5.74) is 2.06. The number of aromatic nitrogens is 1. The molecular formula is C16H18N2O3S. The summed E-state index contributed by atoms with van der Waals surface area (Å²) in [5, 5.41) is 6.74. The van der Waals surface area contributed by atoms with Gasteiger partial charge >= 0.3 is 0 Å². The third-order valence-electron chi connectivity index (χ3n) is 3.39. The number of hydrogen-bond donors (Lipinski definition) is 1. The maximum Gasteiger partial charge on any atom is 0.230 e. The van der Waals surface area contributed by atoms with Crippen LogP contribution in [0.2, 0.25) is 0 Å². The highest BCUT2D eigenvalue weighted by atomic mass is 32.2. The molecule has 0 radical (unpaired) electrons. The number of nitrogens with zero attached hydrogens (tertiary/aromatic N) is 1. The summed E-state index contributed by atoms with van der Waals surface area (Å²) in [7, 11) is 0. The monoisotopic (exact) mass is 318 g/mol. The molecule has 2 aromatic rings. The fourth-order valence-electron chi connectivity index (χ4n) is 2.38. The second-order valence-corrected chi connectivity index (χ2v) is 6.27. The van der Waals surface area contributed by atoms with E-state index in [4.69, 9.17) is 9.26 Å². The van der Waals surface area contributed by atoms with Crippen LogP contribution in [0, 0.1) is 6.92 Å². The molecule has 3 rings (SSSR count). The van der Waals surface area contributed by atoms with E-state index >= 15 is 0 Å². The molecule has 1 aromatic heterocycles. The van der Waals surface area contributed by atoms with Crippen molar-refractivity contribution < 1.29 is 14.1 Å². The second-order valence-electron chi connectivity index (χ2n) is 5.28. The Kier molecular flexibility index (Phi) is 4.68. The number of carbonyl (C=O) groups is 1. The molecule has 6 heteroatoms. The number of fused-ring (bicyclic) bond motifs is 1. The van der Waals surface area contributed by atoms with Crippen LogP contribution in [0.4, 0.5) is 0 Å². The molecule has 0 spiro atoms. The van der Waals surface area contributed by atoms with Gasteiger partial charge in [0.05, 0.1) is 23.7 Å². The van der Waals surface area contributed by atoms with Crippen LogP contribution >= 0.6 is 11.8 Å². The topological polar surface area (TPSA) is 64.4 Å². The van der Waals surface area contributed by atoms with E-state index in [1.807, 2.05) is 31.2 Å². The Bertz CT molecular complexity index is 631. The molecule has 2 heterocycles. The number of carbonyl (C=O) groups excluding carboxylic acids is 1. The number of hydrogen-bond acceptors (Lipinski definition) is 5. The van der Waals surface area contributed by atoms with Gasteiger partial charge in [-0.15, -0.1) is 11.8 Å². The van der Waals surface area contributed by atoms with Gasteiger partial charge in [0.2, 0.25) is 5.91 Å². The van der Waals surface area contributed by atoms with Gasteiger partial charge in [0.25, 0.3) is 0 Å². The van der Waals surface area contributed by atoms with Crippen molar-refractivity contribution >= 4 is 17.7 Å². The van der Waals surface area contributed by atoms with Gasteiger partial charge in [-0.05, 0) is 18.6 Å². The number of rotatable bonds is 6. The van der Waals surface area contributed by atoms with E-state index in [1.165, 1.54) is 17.3 Å². The van der Waals surface area contributed by atoms with Gasteiger partial charge in [0.1, 0.15) is 17.6 Å². The molecule has 116 valence electrons. The average Bonchev–Trinajstić information content (AvgIpc) is 3.11. The minimum Gasteiger partial charge on any atom is -0.488 e. The Balaban J connectivity index is 1.35. The summed E-state index contributed by atoms with van der Waals surface area (Å²) in [5.74, 6) is 2.79. The SMILES string of the molecule is Cc1cc(CSCC(=O)NC[C@H]2Cc3ccccc3O2)on1. The molecule has 1 N–H and O–H groups in total. The van der Waals surface area contributed by atoms with Gasteiger partial charge < -0.3 is 14.6 Å². The lowest BCUT2D eigenvalue weighted by Crippen LogP contribution is -2.35. The first kappa shape index (κ1) is 15.0. The molecule has 1 aromatic carbocycles. The zero-order valence-corrected chi connectivity index (χ0v) is 13.2. The molecule has 0 aliphatic carbocycles. The predicted molar refractivity (Wildman–Crippen MR) is 85.0 cm³/mol. The van der Waals surface area contributed by atoms with Crippen LogP contribution in [0.15, 0.2) is 34.9 Å². The van der Waals surface area contributed by atoms with Crippen molar-refractivity contribution in [1.82, 2.24) is 10.5 Å². The number of para-hydroxylation sites is 1. The third-order valence-corrected chi connectivity index (χ3v) is 4.35. The maximum atomic E-state index is 11.8. The first-order chi connectivity index (χ1) is 10.7. The molecule has 1 amide bonds. The molecule has 1 aliphatic heterocycles. The van der Waals surface area contributed by atoms with Crippen molar-refractivity contribution in [2.24, 2.45) is 0 Å². The highest BCUT2D eigenvalue weighted by Crippen LogP contribution is 2.27. The molecule has 22 heavy (non-hydrogen) atoms. The van der Waals surface area contributed by atoms with Gasteiger partial charge in [0, 0.05) is 12.5 Å². The summed E-state index contributed by atoms with van der Waals surface area (Å²) in [6.07, 6.45) is 0.879. The Labute approximate surface area is 133 Å². The maximum absolute atomic E-state index is 11.8. The number of aryl methyl sites for hydroxylation is 1. The minimum absolute atomic E-state index is 0.0146. The summed E-state index contributed by atoms with van der Waals surface area (Å²) in [4.78, 5) is 11.8. The van der Waals surface area contributed by atoms with Gasteiger partial charge in [-0.3, -0.25) is 4.79 Å². The van der Waals surface area contributed by atoms with Crippen LogP contribution in [0.1, 0.15) is 17.0 Å². The van der Waals surface area contributed by atoms with Crippen molar-refractivity contribution in [3.63, 3.8) is 0 Å². The first-order valence-electron chi connectivity index (χ1n) is 7.22. The number of ether oxygens (including phenoxy) is 1. The van der Waals surface area contributed by atoms with Crippen LogP contribution in [0.5, 0.6) is 5.75 Å². The summed E-state index contributed by atoms with van der Waals surface area (Å²) in [6, 6.07) is 9.87. The zero-order chi connectivity index (χ0) is 15.4. The fraction of sp³-hybridized carbons (Fsp3) is 0.375. The molecule has 0 bridgehead atoms. The van der Waals surface area contributed by atoms with Gasteiger partial charge in [0.15, 0.2) is 0 Å². The molecule has 1 atom stereocenters.